The van der Waals surface area contributed by atoms with E-state index in [1.165, 1.54) is 0 Å². The molecule has 0 amide bonds. The third-order valence-electron chi connectivity index (χ3n) is 2.45. The number of nitrogens with two attached hydrogens (primary N) is 1. The zero-order valence-corrected chi connectivity index (χ0v) is 10.2. The van der Waals surface area contributed by atoms with E-state index in [1.807, 2.05) is 6.07 Å². The van der Waals surface area contributed by atoms with E-state index in [1.54, 1.807) is 33.5 Å². The van der Waals surface area contributed by atoms with Crippen LogP contribution in [0.4, 0.5) is 0 Å². The van der Waals surface area contributed by atoms with Gasteiger partial charge in [0.15, 0.2) is 11.5 Å². The highest BCUT2D eigenvalue weighted by atomic mass is 16.5. The topological polar surface area (TPSA) is 77.5 Å². The summed E-state index contributed by atoms with van der Waals surface area (Å²) in [5.74, 6) is 1.72. The van der Waals surface area contributed by atoms with Crippen molar-refractivity contribution in [2.24, 2.45) is 5.73 Å². The Labute approximate surface area is 101 Å². The molecule has 1 aromatic rings. The second-order valence-corrected chi connectivity index (χ2v) is 3.42. The van der Waals surface area contributed by atoms with E-state index < -0.39 is 6.04 Å². The number of benzene rings is 1. The van der Waals surface area contributed by atoms with Crippen LogP contribution in [0.15, 0.2) is 12.1 Å². The predicted molar refractivity (Wildman–Crippen MR) is 63.3 cm³/mol. The fraction of sp³-hybridized carbons (Fsp3) is 0.417. The fourth-order valence-electron chi connectivity index (χ4n) is 1.55. The van der Waals surface area contributed by atoms with Crippen molar-refractivity contribution in [2.75, 3.05) is 21.3 Å². The van der Waals surface area contributed by atoms with E-state index in [2.05, 4.69) is 0 Å². The smallest absolute Gasteiger partial charge is 0.164 e. The molecule has 1 aromatic carbocycles. The minimum absolute atomic E-state index is 0.214. The van der Waals surface area contributed by atoms with Crippen LogP contribution >= 0.6 is 0 Å². The van der Waals surface area contributed by atoms with Crippen LogP contribution in [-0.4, -0.2) is 21.3 Å². The van der Waals surface area contributed by atoms with E-state index in [4.69, 9.17) is 25.2 Å². The molecule has 0 saturated heterocycles. The Morgan fingerprint density at radius 2 is 1.65 bits per heavy atom. The Balaban J connectivity index is 3.24. The number of methoxy groups -OCH3 is 3. The average molecular weight is 236 g/mol. The van der Waals surface area contributed by atoms with Gasteiger partial charge in [-0.25, -0.2) is 0 Å². The number of rotatable bonds is 5. The summed E-state index contributed by atoms with van der Waals surface area (Å²) in [6.07, 6.45) is 0.214. The third-order valence-corrected chi connectivity index (χ3v) is 2.45. The molecular formula is C12H16N2O3. The monoisotopic (exact) mass is 236 g/mol. The fourth-order valence-corrected chi connectivity index (χ4v) is 1.55. The molecule has 0 aromatic heterocycles. The van der Waals surface area contributed by atoms with Crippen molar-refractivity contribution in [1.82, 2.24) is 0 Å². The molecule has 0 saturated carbocycles. The summed E-state index contributed by atoms with van der Waals surface area (Å²) in [7, 11) is 4.64. The Hall–Kier alpha value is -1.93. The van der Waals surface area contributed by atoms with Gasteiger partial charge in [-0.05, 0) is 6.07 Å². The normalized spacial score (nSPS) is 11.5. The van der Waals surface area contributed by atoms with Crippen molar-refractivity contribution in [3.63, 3.8) is 0 Å². The number of hydrogen-bond acceptors (Lipinski definition) is 5. The zero-order chi connectivity index (χ0) is 12.8. The van der Waals surface area contributed by atoms with Gasteiger partial charge < -0.3 is 19.9 Å². The van der Waals surface area contributed by atoms with Gasteiger partial charge in [0.2, 0.25) is 0 Å². The number of ether oxygens (including phenoxy) is 3. The number of nitriles is 1. The molecule has 0 heterocycles. The van der Waals surface area contributed by atoms with Crippen molar-refractivity contribution >= 4 is 0 Å². The van der Waals surface area contributed by atoms with Crippen LogP contribution in [0.5, 0.6) is 17.2 Å². The first-order valence-corrected chi connectivity index (χ1v) is 5.10. The van der Waals surface area contributed by atoms with Gasteiger partial charge >= 0.3 is 0 Å². The third kappa shape index (κ3) is 2.80. The molecule has 1 rings (SSSR count). The van der Waals surface area contributed by atoms with Gasteiger partial charge in [-0.3, -0.25) is 0 Å². The average Bonchev–Trinajstić information content (AvgIpc) is 2.37. The van der Waals surface area contributed by atoms with E-state index in [0.29, 0.717) is 17.2 Å². The molecule has 0 bridgehead atoms. The Morgan fingerprint density at radius 3 is 2.12 bits per heavy atom. The lowest BCUT2D eigenvalue weighted by Gasteiger charge is -2.16. The highest BCUT2D eigenvalue weighted by molar-refractivity contribution is 5.51. The van der Waals surface area contributed by atoms with Gasteiger partial charge in [0, 0.05) is 17.7 Å². The van der Waals surface area contributed by atoms with E-state index in [-0.39, 0.29) is 6.42 Å². The molecule has 5 heteroatoms. The minimum Gasteiger partial charge on any atom is -0.496 e. The highest BCUT2D eigenvalue weighted by Gasteiger charge is 2.16. The number of hydrogen-bond donors (Lipinski definition) is 1. The lowest BCUT2D eigenvalue weighted by molar-refractivity contribution is 0.346. The molecule has 2 N–H and O–H groups in total. The van der Waals surface area contributed by atoms with Gasteiger partial charge in [-0.1, -0.05) is 0 Å². The Morgan fingerprint density at radius 1 is 1.12 bits per heavy atom. The maximum Gasteiger partial charge on any atom is 0.164 e. The minimum atomic E-state index is -0.408. The largest absolute Gasteiger partial charge is 0.496 e. The SMILES string of the molecule is COc1cc(OC)c([C@@H](N)CC#N)cc1OC. The van der Waals surface area contributed by atoms with Crippen molar-refractivity contribution in [3.05, 3.63) is 17.7 Å². The van der Waals surface area contributed by atoms with Crippen LogP contribution in [0.25, 0.3) is 0 Å². The summed E-state index contributed by atoms with van der Waals surface area (Å²) in [4.78, 5) is 0. The lowest BCUT2D eigenvalue weighted by atomic mass is 10.0. The Kier molecular flexibility index (Phi) is 4.61. The molecule has 0 fully saturated rings. The Bertz CT molecular complexity index is 426. The maximum absolute atomic E-state index is 8.66. The summed E-state index contributed by atoms with van der Waals surface area (Å²) >= 11 is 0. The van der Waals surface area contributed by atoms with E-state index in [0.717, 1.165) is 5.56 Å². The van der Waals surface area contributed by atoms with E-state index in [9.17, 15) is 0 Å². The van der Waals surface area contributed by atoms with Crippen LogP contribution in [0.3, 0.4) is 0 Å². The van der Waals surface area contributed by atoms with Crippen LogP contribution in [-0.2, 0) is 0 Å². The van der Waals surface area contributed by atoms with Crippen LogP contribution in [0.2, 0.25) is 0 Å². The molecule has 0 aliphatic rings. The first-order valence-electron chi connectivity index (χ1n) is 5.10. The zero-order valence-electron chi connectivity index (χ0n) is 10.2. The predicted octanol–water partition coefficient (Wildman–Crippen LogP) is 1.63. The molecule has 17 heavy (non-hydrogen) atoms. The maximum atomic E-state index is 8.66. The molecule has 0 unspecified atom stereocenters. The molecule has 0 spiro atoms. The summed E-state index contributed by atoms with van der Waals surface area (Å²) in [5.41, 5.74) is 6.63. The van der Waals surface area contributed by atoms with Crippen LogP contribution in [0, 0.1) is 11.3 Å². The molecule has 5 nitrogen and oxygen atoms in total. The quantitative estimate of drug-likeness (QED) is 0.840. The number of nitrogens with zero attached hydrogens (tertiary/aromatic N) is 1. The van der Waals surface area contributed by atoms with Crippen LogP contribution < -0.4 is 19.9 Å². The molecule has 92 valence electrons. The van der Waals surface area contributed by atoms with Gasteiger partial charge in [0.25, 0.3) is 0 Å². The molecule has 1 atom stereocenters. The van der Waals surface area contributed by atoms with Crippen molar-refractivity contribution < 1.29 is 14.2 Å². The first kappa shape index (κ1) is 13.1. The molecular weight excluding hydrogens is 220 g/mol. The standard InChI is InChI=1S/C12H16N2O3/c1-15-10-7-12(17-3)11(16-2)6-8(10)9(14)4-5-13/h6-7,9H,4,14H2,1-3H3/t9-/m0/s1. The van der Waals surface area contributed by atoms with Crippen LogP contribution in [0.1, 0.15) is 18.0 Å². The second kappa shape index (κ2) is 5.97. The van der Waals surface area contributed by atoms with Gasteiger partial charge in [0.05, 0.1) is 33.8 Å². The summed E-state index contributed by atoms with van der Waals surface area (Å²) in [6, 6.07) is 5.06. The lowest BCUT2D eigenvalue weighted by Crippen LogP contribution is -2.11. The summed E-state index contributed by atoms with van der Waals surface area (Å²) < 4.78 is 15.6. The van der Waals surface area contributed by atoms with Crippen molar-refractivity contribution in [3.8, 4) is 23.3 Å². The van der Waals surface area contributed by atoms with Crippen molar-refractivity contribution in [1.29, 1.82) is 5.26 Å². The molecule has 0 aliphatic carbocycles. The second-order valence-electron chi connectivity index (χ2n) is 3.42. The summed E-state index contributed by atoms with van der Waals surface area (Å²) in [6.45, 7) is 0. The van der Waals surface area contributed by atoms with Gasteiger partial charge in [-0.2, -0.15) is 5.26 Å². The van der Waals surface area contributed by atoms with Crippen molar-refractivity contribution in [2.45, 2.75) is 12.5 Å². The van der Waals surface area contributed by atoms with Gasteiger partial charge in [0.1, 0.15) is 5.75 Å². The molecule has 0 aliphatic heterocycles. The highest BCUT2D eigenvalue weighted by Crippen LogP contribution is 2.37. The van der Waals surface area contributed by atoms with Gasteiger partial charge in [-0.15, -0.1) is 0 Å². The molecule has 0 radical (unpaired) electrons. The summed E-state index contributed by atoms with van der Waals surface area (Å²) in [5, 5.41) is 8.66. The first-order chi connectivity index (χ1) is 8.17. The van der Waals surface area contributed by atoms with E-state index >= 15 is 0 Å².